The molecule has 0 spiro atoms. The van der Waals surface area contributed by atoms with Crippen molar-refractivity contribution in [1.82, 2.24) is 52.1 Å². The second kappa shape index (κ2) is 30.9. The number of amides is 9. The lowest BCUT2D eigenvalue weighted by Crippen LogP contribution is -2.59. The summed E-state index contributed by atoms with van der Waals surface area (Å²) in [6.45, 7) is 5.90. The van der Waals surface area contributed by atoms with Crippen molar-refractivity contribution in [3.05, 3.63) is 18.2 Å². The number of rotatable bonds is 32. The lowest BCUT2D eigenvalue weighted by Gasteiger charge is -2.30. The van der Waals surface area contributed by atoms with Crippen LogP contribution in [-0.4, -0.2) is 166 Å². The molecule has 0 aliphatic carbocycles. The van der Waals surface area contributed by atoms with Crippen molar-refractivity contribution in [1.29, 1.82) is 0 Å². The molecule has 0 bridgehead atoms. The summed E-state index contributed by atoms with van der Waals surface area (Å²) in [5.41, 5.74) is 33.7. The number of aromatic amines is 1. The minimum absolute atomic E-state index is 0.00146. The second-order valence-corrected chi connectivity index (χ2v) is 17.6. The van der Waals surface area contributed by atoms with Crippen LogP contribution in [0.1, 0.15) is 91.2 Å². The molecule has 2 rings (SSSR count). The summed E-state index contributed by atoms with van der Waals surface area (Å²) in [5, 5.41) is 26.7. The highest BCUT2D eigenvalue weighted by Crippen LogP contribution is 2.21. The van der Waals surface area contributed by atoms with E-state index in [9.17, 15) is 47.9 Å². The van der Waals surface area contributed by atoms with Gasteiger partial charge in [0.25, 0.3) is 0 Å². The fraction of sp³-hybridized carbons (Fsp3) is 0.651. The monoisotopic (exact) mass is 1020 g/mol. The van der Waals surface area contributed by atoms with E-state index in [1.807, 2.05) is 6.92 Å². The highest BCUT2D eigenvalue weighted by molar-refractivity contribution is 5.98. The molecule has 1 aliphatic heterocycles. The number of nitrogens with zero attached hydrogens (tertiary/aromatic N) is 4. The van der Waals surface area contributed by atoms with E-state index in [-0.39, 0.29) is 94.8 Å². The van der Waals surface area contributed by atoms with Crippen LogP contribution in [0.25, 0.3) is 0 Å². The van der Waals surface area contributed by atoms with Gasteiger partial charge in [-0.05, 0) is 56.8 Å². The Kier molecular flexibility index (Phi) is 26.0. The number of carboxylic acids is 1. The van der Waals surface area contributed by atoms with Gasteiger partial charge in [0, 0.05) is 44.4 Å². The lowest BCUT2D eigenvalue weighted by atomic mass is 9.97. The van der Waals surface area contributed by atoms with Crippen LogP contribution in [0.5, 0.6) is 0 Å². The number of H-pyrrole nitrogens is 1. The number of aliphatic imine (C=N–C) groups is 2. The van der Waals surface area contributed by atoms with Crippen LogP contribution in [0.2, 0.25) is 0 Å². The summed E-state index contributed by atoms with van der Waals surface area (Å²) < 4.78 is 0. The third-order valence-corrected chi connectivity index (χ3v) is 11.6. The lowest BCUT2D eigenvalue weighted by molar-refractivity contribution is -0.142. The molecule has 29 heteroatoms. The van der Waals surface area contributed by atoms with Crippen molar-refractivity contribution >= 4 is 71.1 Å². The highest BCUT2D eigenvalue weighted by Gasteiger charge is 2.40. The first-order valence-corrected chi connectivity index (χ1v) is 23.7. The number of carbonyl (C=O) groups is 10. The summed E-state index contributed by atoms with van der Waals surface area (Å²) >= 11 is 0. The summed E-state index contributed by atoms with van der Waals surface area (Å²) in [7, 11) is 0. The molecule has 1 aliphatic rings. The maximum Gasteiger partial charge on any atom is 0.322 e. The summed E-state index contributed by atoms with van der Waals surface area (Å²) in [5.74, 6) is -9.29. The average molecular weight is 1020 g/mol. The van der Waals surface area contributed by atoms with Gasteiger partial charge >= 0.3 is 5.97 Å². The van der Waals surface area contributed by atoms with Gasteiger partial charge in [0.15, 0.2) is 11.9 Å². The normalized spacial score (nSPS) is 16.0. The molecule has 72 heavy (non-hydrogen) atoms. The quantitative estimate of drug-likeness (QED) is 0.0182. The van der Waals surface area contributed by atoms with Crippen LogP contribution in [-0.2, 0) is 54.4 Å². The summed E-state index contributed by atoms with van der Waals surface area (Å²) in [6, 6.07) is -8.59. The van der Waals surface area contributed by atoms with E-state index < -0.39 is 115 Å². The molecule has 402 valence electrons. The number of nitrogens with one attached hydrogen (secondary N) is 8. The van der Waals surface area contributed by atoms with Gasteiger partial charge in [-0.15, -0.1) is 0 Å². The van der Waals surface area contributed by atoms with E-state index in [2.05, 4.69) is 57.2 Å². The molecular formula is C43H74N18O11. The summed E-state index contributed by atoms with van der Waals surface area (Å²) in [4.78, 5) is 148. The van der Waals surface area contributed by atoms with Gasteiger partial charge < -0.3 is 86.6 Å². The number of likely N-dealkylation sites (tertiary alicyclic amines) is 1. The Morgan fingerprint density at radius 2 is 1.33 bits per heavy atom. The minimum atomic E-state index is -1.46. The summed E-state index contributed by atoms with van der Waals surface area (Å²) in [6.07, 6.45) is 3.16. The van der Waals surface area contributed by atoms with Crippen LogP contribution in [0.4, 0.5) is 0 Å². The molecule has 29 nitrogen and oxygen atoms in total. The van der Waals surface area contributed by atoms with Crippen molar-refractivity contribution in [3.63, 3.8) is 0 Å². The van der Waals surface area contributed by atoms with E-state index in [1.54, 1.807) is 20.8 Å². The van der Waals surface area contributed by atoms with Gasteiger partial charge in [-0.3, -0.25) is 57.9 Å². The Labute approximate surface area is 416 Å². The molecule has 9 amide bonds. The average Bonchev–Trinajstić information content (AvgIpc) is 4.04. The Morgan fingerprint density at radius 1 is 0.750 bits per heavy atom. The van der Waals surface area contributed by atoms with Crippen molar-refractivity contribution in [2.75, 3.05) is 32.7 Å². The molecular weight excluding hydrogens is 945 g/mol. The molecule has 8 atom stereocenters. The number of aromatic nitrogens is 2. The first-order chi connectivity index (χ1) is 33.9. The van der Waals surface area contributed by atoms with Gasteiger partial charge in [0.05, 0.1) is 18.9 Å². The Hall–Kier alpha value is -7.59. The van der Waals surface area contributed by atoms with E-state index in [0.29, 0.717) is 18.5 Å². The third kappa shape index (κ3) is 21.6. The molecule has 1 fully saturated rings. The second-order valence-electron chi connectivity index (χ2n) is 17.6. The predicted molar refractivity (Wildman–Crippen MR) is 261 cm³/mol. The standard InChI is InChI=1S/C43H74N18O11/c1-5-23(4)33(45)39(70)60-34(22(2)3)40(71)53-19-31(63)56-27(10-7-15-52-43(48)49)41(72)61-16-8-11-29(61)38(69)58-25(9-6-14-51-42(46)47)36(67)59-28(17-24-18-50-21-55-24)37(68)57-26(12-13-30(44)62)35(66)54-20-32(64)65/h18,21-23,25-29,33-34H,5-17,19-20,45H2,1-4H3,(H2,44,62)(H,50,55)(H,53,71)(H,54,66)(H,56,63)(H,57,68)(H,58,69)(H,59,67)(H,60,70)(H,64,65)(H4,46,47,51)(H4,48,49,52)/t23-,25-,26-,27-,28-,29-,33-,34-/m0/s1. The third-order valence-electron chi connectivity index (χ3n) is 11.6. The Bertz CT molecular complexity index is 2080. The first-order valence-electron chi connectivity index (χ1n) is 23.7. The molecule has 0 radical (unpaired) electrons. The molecule has 0 aromatic carbocycles. The molecule has 1 saturated heterocycles. The van der Waals surface area contributed by atoms with Crippen molar-refractivity contribution < 1.29 is 53.1 Å². The van der Waals surface area contributed by atoms with Crippen molar-refractivity contribution in [2.24, 2.45) is 56.2 Å². The topological polar surface area (TPSA) is 488 Å². The Balaban J connectivity index is 2.38. The SMILES string of the molecule is CC[C@H](C)[C@H](N)C(=O)N[C@H](C(=O)NCC(=O)N[C@@H](CCCN=C(N)N)C(=O)N1CCC[C@H]1C(=O)N[C@@H](CCCN=C(N)N)C(=O)N[C@@H](Cc1cnc[nH]1)C(=O)N[C@@H](CCC(N)=O)C(=O)NCC(=O)O)C(C)C. The van der Waals surface area contributed by atoms with Gasteiger partial charge in [0.1, 0.15) is 42.8 Å². The number of imidazole rings is 1. The van der Waals surface area contributed by atoms with Gasteiger partial charge in [-0.1, -0.05) is 34.1 Å². The predicted octanol–water partition coefficient (Wildman–Crippen LogP) is -5.91. The van der Waals surface area contributed by atoms with E-state index in [0.717, 1.165) is 0 Å². The van der Waals surface area contributed by atoms with Gasteiger partial charge in [-0.2, -0.15) is 0 Å². The largest absolute Gasteiger partial charge is 0.480 e. The zero-order chi connectivity index (χ0) is 54.1. The number of aliphatic carboxylic acids is 1. The van der Waals surface area contributed by atoms with E-state index in [4.69, 9.17) is 39.5 Å². The zero-order valence-corrected chi connectivity index (χ0v) is 41.2. The van der Waals surface area contributed by atoms with Crippen molar-refractivity contribution in [3.8, 4) is 0 Å². The molecule has 1 aromatic rings. The van der Waals surface area contributed by atoms with Crippen LogP contribution >= 0.6 is 0 Å². The number of nitrogens with two attached hydrogens (primary N) is 6. The number of hydrogen-bond acceptors (Lipinski definition) is 14. The van der Waals surface area contributed by atoms with E-state index in [1.165, 1.54) is 17.4 Å². The van der Waals surface area contributed by atoms with E-state index >= 15 is 0 Å². The highest BCUT2D eigenvalue weighted by atomic mass is 16.4. The van der Waals surface area contributed by atoms with Gasteiger partial charge in [0.2, 0.25) is 53.2 Å². The smallest absolute Gasteiger partial charge is 0.322 e. The zero-order valence-electron chi connectivity index (χ0n) is 41.2. The molecule has 0 unspecified atom stereocenters. The number of carbonyl (C=O) groups excluding carboxylic acids is 9. The van der Waals surface area contributed by atoms with Crippen LogP contribution in [0.15, 0.2) is 22.5 Å². The molecule has 1 aromatic heterocycles. The number of carboxylic acid groups (broad SMARTS) is 1. The van der Waals surface area contributed by atoms with Crippen LogP contribution in [0.3, 0.4) is 0 Å². The fourth-order valence-electron chi connectivity index (χ4n) is 7.34. The fourth-order valence-corrected chi connectivity index (χ4v) is 7.34. The number of guanidine groups is 2. The Morgan fingerprint density at radius 3 is 1.89 bits per heavy atom. The number of primary amides is 1. The minimum Gasteiger partial charge on any atom is -0.480 e. The number of hydrogen-bond donors (Lipinski definition) is 15. The maximum atomic E-state index is 14.3. The first kappa shape index (κ1) is 60.5. The van der Waals surface area contributed by atoms with Crippen LogP contribution < -0.4 is 71.6 Å². The molecule has 21 N–H and O–H groups in total. The van der Waals surface area contributed by atoms with Crippen LogP contribution in [0, 0.1) is 11.8 Å². The van der Waals surface area contributed by atoms with Crippen molar-refractivity contribution in [2.45, 2.75) is 134 Å². The molecule has 0 saturated carbocycles. The maximum absolute atomic E-state index is 14.3. The van der Waals surface area contributed by atoms with Gasteiger partial charge in [-0.25, -0.2) is 4.98 Å². The molecule has 2 heterocycles.